The van der Waals surface area contributed by atoms with Crippen molar-refractivity contribution in [1.29, 1.82) is 0 Å². The van der Waals surface area contributed by atoms with Crippen LogP contribution in [0.1, 0.15) is 48.2 Å². The molecule has 1 aliphatic rings. The molecule has 0 bridgehead atoms. The van der Waals surface area contributed by atoms with Crippen LogP contribution in [0.3, 0.4) is 0 Å². The third-order valence-electron chi connectivity index (χ3n) is 4.39. The first-order chi connectivity index (χ1) is 13.0. The molecular weight excluding hydrogens is 490 g/mol. The number of aliphatic imine (C=N–C) groups is 1. The average Bonchev–Trinajstić information content (AvgIpc) is 3.38. The molecule has 0 aliphatic heterocycles. The lowest BCUT2D eigenvalue weighted by molar-refractivity contribution is 0.285. The van der Waals surface area contributed by atoms with Gasteiger partial charge in [0, 0.05) is 17.6 Å². The highest BCUT2D eigenvalue weighted by Gasteiger charge is 2.22. The van der Waals surface area contributed by atoms with Crippen LogP contribution in [-0.2, 0) is 6.54 Å². The topological polar surface area (TPSA) is 58.5 Å². The van der Waals surface area contributed by atoms with Crippen molar-refractivity contribution in [3.63, 3.8) is 0 Å². The van der Waals surface area contributed by atoms with E-state index in [1.165, 1.54) is 18.9 Å². The standard InChI is InChI=1S/C20H27FN4OS.HI/c1-4-22-20(24-11-17-10-23-14(3)27-17)25-13(2)16-7-8-19(18(21)9-16)26-12-15-5-6-15;/h7-10,13,15H,4-6,11-12H2,1-3H3,(H2,22,24,25);1H. The summed E-state index contributed by atoms with van der Waals surface area (Å²) in [7, 11) is 0. The van der Waals surface area contributed by atoms with Gasteiger partial charge in [-0.05, 0) is 57.2 Å². The number of aromatic nitrogens is 1. The van der Waals surface area contributed by atoms with E-state index < -0.39 is 0 Å². The summed E-state index contributed by atoms with van der Waals surface area (Å²) in [6.07, 6.45) is 4.23. The Labute approximate surface area is 187 Å². The Kier molecular flexibility index (Phi) is 8.94. The molecular formula is C20H28FIN4OS. The van der Waals surface area contributed by atoms with E-state index in [1.54, 1.807) is 17.4 Å². The number of nitrogens with zero attached hydrogens (tertiary/aromatic N) is 2. The maximum atomic E-state index is 14.3. The molecule has 5 nitrogen and oxygen atoms in total. The second kappa shape index (κ2) is 10.9. The van der Waals surface area contributed by atoms with Crippen LogP contribution in [0.25, 0.3) is 0 Å². The van der Waals surface area contributed by atoms with Gasteiger partial charge in [0.25, 0.3) is 0 Å². The largest absolute Gasteiger partial charge is 0.490 e. The highest BCUT2D eigenvalue weighted by atomic mass is 127. The second-order valence-corrected chi connectivity index (χ2v) is 8.17. The molecule has 1 fully saturated rings. The van der Waals surface area contributed by atoms with Crippen molar-refractivity contribution in [3.8, 4) is 5.75 Å². The van der Waals surface area contributed by atoms with Gasteiger partial charge in [0.1, 0.15) is 0 Å². The molecule has 1 atom stereocenters. The highest BCUT2D eigenvalue weighted by Crippen LogP contribution is 2.30. The van der Waals surface area contributed by atoms with Crippen molar-refractivity contribution in [2.45, 2.75) is 46.2 Å². The monoisotopic (exact) mass is 518 g/mol. The van der Waals surface area contributed by atoms with E-state index in [1.807, 2.05) is 33.0 Å². The van der Waals surface area contributed by atoms with Gasteiger partial charge in [-0.3, -0.25) is 0 Å². The van der Waals surface area contributed by atoms with Gasteiger partial charge in [0.2, 0.25) is 0 Å². The van der Waals surface area contributed by atoms with Crippen LogP contribution in [-0.4, -0.2) is 24.1 Å². The summed E-state index contributed by atoms with van der Waals surface area (Å²) < 4.78 is 19.9. The van der Waals surface area contributed by atoms with Gasteiger partial charge in [-0.2, -0.15) is 0 Å². The van der Waals surface area contributed by atoms with Gasteiger partial charge in [-0.25, -0.2) is 14.4 Å². The van der Waals surface area contributed by atoms with Gasteiger partial charge in [0.05, 0.1) is 24.2 Å². The SMILES string of the molecule is CCNC(=NCc1cnc(C)s1)NC(C)c1ccc(OCC2CC2)c(F)c1.I. The molecule has 2 aromatic rings. The van der Waals surface area contributed by atoms with E-state index in [0.29, 0.717) is 30.8 Å². The molecule has 2 N–H and O–H groups in total. The fourth-order valence-electron chi connectivity index (χ4n) is 2.64. The van der Waals surface area contributed by atoms with E-state index in [-0.39, 0.29) is 35.8 Å². The summed E-state index contributed by atoms with van der Waals surface area (Å²) in [5.74, 6) is 1.32. The van der Waals surface area contributed by atoms with Crippen molar-refractivity contribution in [1.82, 2.24) is 15.6 Å². The van der Waals surface area contributed by atoms with Crippen LogP contribution in [0.4, 0.5) is 4.39 Å². The number of ether oxygens (including phenoxy) is 1. The first-order valence-corrected chi connectivity index (χ1v) is 10.2. The normalized spacial score (nSPS) is 14.9. The smallest absolute Gasteiger partial charge is 0.192 e. The number of nitrogens with one attached hydrogen (secondary N) is 2. The zero-order valence-electron chi connectivity index (χ0n) is 16.5. The quantitative estimate of drug-likeness (QED) is 0.299. The number of halogens is 2. The van der Waals surface area contributed by atoms with E-state index in [0.717, 1.165) is 22.0 Å². The van der Waals surface area contributed by atoms with Gasteiger partial charge >= 0.3 is 0 Å². The molecule has 8 heteroatoms. The van der Waals surface area contributed by atoms with Crippen molar-refractivity contribution in [2.24, 2.45) is 10.9 Å². The number of aryl methyl sites for hydroxylation is 1. The molecule has 0 saturated heterocycles. The van der Waals surface area contributed by atoms with Crippen LogP contribution in [0.2, 0.25) is 0 Å². The molecule has 0 radical (unpaired) electrons. The summed E-state index contributed by atoms with van der Waals surface area (Å²) in [4.78, 5) is 9.97. The Balaban J connectivity index is 0.00000280. The lowest BCUT2D eigenvalue weighted by Crippen LogP contribution is -2.38. The number of guanidine groups is 1. The Hall–Kier alpha value is -1.42. The number of hydrogen-bond donors (Lipinski definition) is 2. The first kappa shape index (κ1) is 22.9. The first-order valence-electron chi connectivity index (χ1n) is 9.43. The minimum Gasteiger partial charge on any atom is -0.490 e. The number of hydrogen-bond acceptors (Lipinski definition) is 4. The molecule has 0 amide bonds. The molecule has 1 unspecified atom stereocenters. The molecule has 28 heavy (non-hydrogen) atoms. The van der Waals surface area contributed by atoms with Crippen molar-refractivity contribution in [3.05, 3.63) is 45.7 Å². The minimum atomic E-state index is -0.316. The molecule has 3 rings (SSSR count). The van der Waals surface area contributed by atoms with Crippen LogP contribution in [0.5, 0.6) is 5.75 Å². The van der Waals surface area contributed by atoms with Crippen LogP contribution in [0.15, 0.2) is 29.4 Å². The molecule has 1 saturated carbocycles. The molecule has 1 aromatic carbocycles. The van der Waals surface area contributed by atoms with Crippen LogP contribution in [0, 0.1) is 18.7 Å². The molecule has 1 aromatic heterocycles. The van der Waals surface area contributed by atoms with Gasteiger partial charge < -0.3 is 15.4 Å². The number of benzene rings is 1. The molecule has 1 heterocycles. The lowest BCUT2D eigenvalue weighted by Gasteiger charge is -2.19. The molecule has 154 valence electrons. The second-order valence-electron chi connectivity index (χ2n) is 6.85. The predicted molar refractivity (Wildman–Crippen MR) is 123 cm³/mol. The maximum Gasteiger partial charge on any atom is 0.192 e. The van der Waals surface area contributed by atoms with Crippen LogP contribution >= 0.6 is 35.3 Å². The number of rotatable bonds is 8. The van der Waals surface area contributed by atoms with E-state index in [4.69, 9.17) is 4.74 Å². The molecule has 1 aliphatic carbocycles. The summed E-state index contributed by atoms with van der Waals surface area (Å²) in [6.45, 7) is 7.92. The zero-order chi connectivity index (χ0) is 19.2. The zero-order valence-corrected chi connectivity index (χ0v) is 19.6. The predicted octanol–water partition coefficient (Wildman–Crippen LogP) is 4.81. The van der Waals surface area contributed by atoms with Gasteiger partial charge in [-0.15, -0.1) is 35.3 Å². The van der Waals surface area contributed by atoms with Crippen LogP contribution < -0.4 is 15.4 Å². The van der Waals surface area contributed by atoms with E-state index >= 15 is 0 Å². The summed E-state index contributed by atoms with van der Waals surface area (Å²) >= 11 is 1.64. The summed E-state index contributed by atoms with van der Waals surface area (Å²) in [6, 6.07) is 5.07. The minimum absolute atomic E-state index is 0. The third kappa shape index (κ3) is 6.88. The van der Waals surface area contributed by atoms with Gasteiger partial charge in [-0.1, -0.05) is 6.07 Å². The van der Waals surface area contributed by atoms with Crippen molar-refractivity contribution >= 4 is 41.3 Å². The molecule has 0 spiro atoms. The summed E-state index contributed by atoms with van der Waals surface area (Å²) in [5.41, 5.74) is 0.852. The Morgan fingerprint density at radius 2 is 2.21 bits per heavy atom. The van der Waals surface area contributed by atoms with Gasteiger partial charge in [0.15, 0.2) is 17.5 Å². The van der Waals surface area contributed by atoms with Crippen molar-refractivity contribution < 1.29 is 9.13 Å². The Bertz CT molecular complexity index is 794. The summed E-state index contributed by atoms with van der Waals surface area (Å²) in [5, 5.41) is 7.60. The Morgan fingerprint density at radius 3 is 2.82 bits per heavy atom. The van der Waals surface area contributed by atoms with E-state index in [2.05, 4.69) is 20.6 Å². The third-order valence-corrected chi connectivity index (χ3v) is 5.28. The Morgan fingerprint density at radius 1 is 1.43 bits per heavy atom. The average molecular weight is 518 g/mol. The highest BCUT2D eigenvalue weighted by molar-refractivity contribution is 14.0. The van der Waals surface area contributed by atoms with E-state index in [9.17, 15) is 4.39 Å². The van der Waals surface area contributed by atoms with Crippen molar-refractivity contribution in [2.75, 3.05) is 13.2 Å². The lowest BCUT2D eigenvalue weighted by atomic mass is 10.1. The number of thiazole rings is 1. The fourth-order valence-corrected chi connectivity index (χ4v) is 3.36. The fraction of sp³-hybridized carbons (Fsp3) is 0.500. The maximum absolute atomic E-state index is 14.3.